The molecule has 0 aliphatic carbocycles. The lowest BCUT2D eigenvalue weighted by atomic mass is 11.6. The molecule has 6 N–H and O–H groups in total. The van der Waals surface area contributed by atoms with Crippen molar-refractivity contribution in [2.75, 3.05) is 7.05 Å². The lowest BCUT2D eigenvalue weighted by molar-refractivity contribution is 0.564. The normalized spacial score (nSPS) is 13.5. The second-order valence-corrected chi connectivity index (χ2v) is 5.07. The highest BCUT2D eigenvalue weighted by molar-refractivity contribution is 7.93. The summed E-state index contributed by atoms with van der Waals surface area (Å²) in [5.74, 6) is 0. The van der Waals surface area contributed by atoms with Crippen LogP contribution in [0, 0.1) is 0 Å². The Morgan fingerprint density at radius 1 is 1.40 bits per heavy atom. The lowest BCUT2D eigenvalue weighted by Gasteiger charge is -2.07. The summed E-state index contributed by atoms with van der Waals surface area (Å²) in [6.07, 6.45) is 0. The van der Waals surface area contributed by atoms with E-state index in [2.05, 4.69) is 0 Å². The van der Waals surface area contributed by atoms with Crippen LogP contribution in [0.5, 0.6) is 0 Å². The molecule has 0 saturated heterocycles. The van der Waals surface area contributed by atoms with Crippen LogP contribution in [-0.4, -0.2) is 15.5 Å². The Kier molecular flexibility index (Phi) is 2.96. The van der Waals surface area contributed by atoms with Crippen molar-refractivity contribution in [2.24, 2.45) is 11.0 Å². The van der Waals surface area contributed by atoms with Gasteiger partial charge in [0.15, 0.2) is 0 Å². The van der Waals surface area contributed by atoms with Crippen molar-refractivity contribution >= 4 is 17.8 Å². The highest BCUT2D eigenvalue weighted by atomic mass is 32.2. The van der Waals surface area contributed by atoms with Gasteiger partial charge in [-0.15, -0.1) is 4.49 Å². The Hall–Kier alpha value is 0.0200. The fourth-order valence-corrected chi connectivity index (χ4v) is 2.10. The summed E-state index contributed by atoms with van der Waals surface area (Å²) in [7, 11) is -6.36. The monoisotopic (exact) mass is 188 g/mol. The smallest absolute Gasteiger partial charge is 0.270 e. The molecule has 0 aliphatic rings. The molecule has 0 heterocycles. The van der Waals surface area contributed by atoms with E-state index < -0.39 is 17.8 Å². The largest absolute Gasteiger partial charge is 0.288 e. The predicted molar refractivity (Wildman–Crippen MR) is 37.1 cm³/mol. The van der Waals surface area contributed by atoms with Crippen LogP contribution < -0.4 is 20.2 Å². The third-order valence-electron chi connectivity index (χ3n) is 0.532. The zero-order chi connectivity index (χ0) is 8.41. The van der Waals surface area contributed by atoms with Crippen LogP contribution in [0.1, 0.15) is 0 Å². The van der Waals surface area contributed by atoms with Gasteiger partial charge in [0.1, 0.15) is 0 Å². The van der Waals surface area contributed by atoms with E-state index in [0.29, 0.717) is 0 Å². The first-order valence-corrected chi connectivity index (χ1v) is 5.49. The van der Waals surface area contributed by atoms with E-state index in [4.69, 9.17) is 11.0 Å². The van der Waals surface area contributed by atoms with Crippen molar-refractivity contribution in [1.82, 2.24) is 9.21 Å². The molecule has 10 heavy (non-hydrogen) atoms. The maximum atomic E-state index is 10.5. The molecule has 0 radical (unpaired) electrons. The first-order valence-electron chi connectivity index (χ1n) is 2.16. The minimum absolute atomic E-state index is 1.14. The first-order chi connectivity index (χ1) is 4.27. The fraction of sp³-hybridized carbons (Fsp3) is 1.00. The summed E-state index contributed by atoms with van der Waals surface area (Å²) in [5, 5.41) is 0. The molecule has 0 bridgehead atoms. The van der Waals surface area contributed by atoms with Gasteiger partial charge in [0.2, 0.25) is 0 Å². The van der Waals surface area contributed by atoms with Gasteiger partial charge in [0, 0.05) is 7.05 Å². The molecule has 0 fully saturated rings. The highest BCUT2D eigenvalue weighted by Gasteiger charge is 2.16. The molecular formula is CH9N4O3PS. The van der Waals surface area contributed by atoms with Crippen LogP contribution in [0.4, 0.5) is 0 Å². The van der Waals surface area contributed by atoms with E-state index in [1.54, 1.807) is 0 Å². The topological polar surface area (TPSA) is 127 Å². The van der Waals surface area contributed by atoms with Crippen molar-refractivity contribution in [3.05, 3.63) is 0 Å². The van der Waals surface area contributed by atoms with Crippen molar-refractivity contribution in [3.63, 3.8) is 0 Å². The Balaban J connectivity index is 4.33. The van der Waals surface area contributed by atoms with Gasteiger partial charge < -0.3 is 0 Å². The van der Waals surface area contributed by atoms with Crippen LogP contribution in [0.3, 0.4) is 0 Å². The molecule has 0 saturated carbocycles. The van der Waals surface area contributed by atoms with Gasteiger partial charge in [0.05, 0.1) is 0 Å². The molecule has 9 heteroatoms. The SMILES string of the molecule is CNS(=O)(=O)NP(N)(N)=O. The number of hydrogen-bond donors (Lipinski definition) is 4. The van der Waals surface area contributed by atoms with Gasteiger partial charge in [-0.3, -0.25) is 15.6 Å². The molecular weight excluding hydrogens is 179 g/mol. The summed E-state index contributed by atoms with van der Waals surface area (Å²) in [4.78, 5) is 0. The van der Waals surface area contributed by atoms with Gasteiger partial charge in [0.25, 0.3) is 17.8 Å². The number of rotatable bonds is 3. The third-order valence-corrected chi connectivity index (χ3v) is 3.17. The molecule has 62 valence electrons. The molecule has 0 atom stereocenters. The van der Waals surface area contributed by atoms with Crippen LogP contribution in [0.25, 0.3) is 0 Å². The zero-order valence-corrected chi connectivity index (χ0v) is 6.95. The Morgan fingerprint density at radius 2 is 1.80 bits per heavy atom. The molecule has 0 unspecified atom stereocenters. The Morgan fingerprint density at radius 3 is 1.90 bits per heavy atom. The van der Waals surface area contributed by atoms with E-state index in [0.717, 1.165) is 7.05 Å². The van der Waals surface area contributed by atoms with E-state index in [1.165, 1.54) is 4.49 Å². The molecule has 0 spiro atoms. The van der Waals surface area contributed by atoms with Gasteiger partial charge in [-0.05, 0) is 0 Å². The van der Waals surface area contributed by atoms with Crippen LogP contribution in [0.15, 0.2) is 0 Å². The van der Waals surface area contributed by atoms with E-state index in [-0.39, 0.29) is 0 Å². The summed E-state index contributed by atoms with van der Waals surface area (Å²) in [6.45, 7) is 0. The summed E-state index contributed by atoms with van der Waals surface area (Å²) in [5.41, 5.74) is 9.40. The van der Waals surface area contributed by atoms with E-state index in [9.17, 15) is 13.0 Å². The maximum Gasteiger partial charge on any atom is 0.288 e. The zero-order valence-electron chi connectivity index (χ0n) is 5.23. The minimum Gasteiger partial charge on any atom is -0.270 e. The molecule has 0 amide bonds. The van der Waals surface area contributed by atoms with Crippen molar-refractivity contribution in [2.45, 2.75) is 0 Å². The predicted octanol–water partition coefficient (Wildman–Crippen LogP) is -1.93. The van der Waals surface area contributed by atoms with Gasteiger partial charge >= 0.3 is 0 Å². The van der Waals surface area contributed by atoms with Crippen molar-refractivity contribution < 1.29 is 13.0 Å². The standard InChI is InChI=1S/CH9N4O3PS/c1-4-10(7,8)5-9(2,3)6/h4H,1H3,(H5,2,3,5,6). The van der Waals surface area contributed by atoms with E-state index in [1.807, 2.05) is 4.72 Å². The number of hydrogen-bond acceptors (Lipinski definition) is 3. The molecule has 0 aliphatic heterocycles. The average molecular weight is 188 g/mol. The Bertz CT molecular complexity index is 239. The quantitative estimate of drug-likeness (QED) is 0.383. The second-order valence-electron chi connectivity index (χ2n) is 1.51. The lowest BCUT2D eigenvalue weighted by Crippen LogP contribution is -2.36. The van der Waals surface area contributed by atoms with Gasteiger partial charge in [-0.1, -0.05) is 0 Å². The fourth-order valence-electron chi connectivity index (χ4n) is 0.233. The highest BCUT2D eigenvalue weighted by Crippen LogP contribution is 2.17. The van der Waals surface area contributed by atoms with Crippen LogP contribution in [-0.2, 0) is 14.8 Å². The molecule has 0 aromatic heterocycles. The molecule has 0 aromatic rings. The summed E-state index contributed by atoms with van der Waals surface area (Å²) in [6, 6.07) is 0. The van der Waals surface area contributed by atoms with Crippen LogP contribution in [0.2, 0.25) is 0 Å². The first kappa shape index (κ1) is 10.0. The summed E-state index contributed by atoms with van der Waals surface area (Å²) < 4.78 is 34.7. The minimum atomic E-state index is -3.79. The molecule has 0 rings (SSSR count). The number of nitrogens with two attached hydrogens (primary N) is 2. The summed E-state index contributed by atoms with van der Waals surface area (Å²) >= 11 is 0. The van der Waals surface area contributed by atoms with Gasteiger partial charge in [-0.2, -0.15) is 8.42 Å². The average Bonchev–Trinajstić information content (AvgIpc) is 1.60. The number of nitrogens with one attached hydrogen (secondary N) is 2. The van der Waals surface area contributed by atoms with Crippen molar-refractivity contribution in [3.8, 4) is 0 Å². The molecule has 0 aromatic carbocycles. The van der Waals surface area contributed by atoms with E-state index >= 15 is 0 Å². The Labute approximate surface area is 58.9 Å². The maximum absolute atomic E-state index is 10.5. The third kappa shape index (κ3) is 4.86. The molecule has 7 nitrogen and oxygen atoms in total. The second kappa shape index (κ2) is 2.95. The van der Waals surface area contributed by atoms with Gasteiger partial charge in [-0.25, -0.2) is 4.72 Å². The van der Waals surface area contributed by atoms with Crippen molar-refractivity contribution in [1.29, 1.82) is 0 Å². The van der Waals surface area contributed by atoms with Crippen LogP contribution >= 0.6 is 7.59 Å².